The van der Waals surface area contributed by atoms with Gasteiger partial charge in [-0.2, -0.15) is 0 Å². The molecule has 72 valence electrons. The minimum absolute atomic E-state index is 0.582. The molecule has 3 heteroatoms. The Morgan fingerprint density at radius 1 is 1.67 bits per heavy atom. The maximum absolute atomic E-state index is 5.13. The summed E-state index contributed by atoms with van der Waals surface area (Å²) in [4.78, 5) is 2.51. The van der Waals surface area contributed by atoms with E-state index in [2.05, 4.69) is 27.8 Å². The Balaban J connectivity index is 2.25. The highest BCUT2D eigenvalue weighted by atomic mass is 79.9. The molecule has 0 aromatic carbocycles. The fourth-order valence-electron chi connectivity index (χ4n) is 1.74. The van der Waals surface area contributed by atoms with Crippen LogP contribution in [0.15, 0.2) is 0 Å². The molecular formula is C9H18BrNO. The third kappa shape index (κ3) is 2.71. The first kappa shape index (κ1) is 10.5. The van der Waals surface area contributed by atoms with Gasteiger partial charge in [0.15, 0.2) is 0 Å². The Kier molecular flexibility index (Phi) is 4.54. The van der Waals surface area contributed by atoms with Crippen LogP contribution >= 0.6 is 15.9 Å². The number of halogens is 1. The number of alkyl halides is 1. The number of methoxy groups -OCH3 is 1. The molecule has 0 spiro atoms. The van der Waals surface area contributed by atoms with Gasteiger partial charge in [0.1, 0.15) is 0 Å². The summed E-state index contributed by atoms with van der Waals surface area (Å²) in [6.45, 7) is 5.56. The van der Waals surface area contributed by atoms with Crippen LogP contribution in [-0.4, -0.2) is 43.1 Å². The van der Waals surface area contributed by atoms with Crippen molar-refractivity contribution in [2.24, 2.45) is 5.92 Å². The van der Waals surface area contributed by atoms with Crippen LogP contribution in [0.25, 0.3) is 0 Å². The van der Waals surface area contributed by atoms with E-state index in [1.807, 2.05) is 0 Å². The van der Waals surface area contributed by atoms with Crippen molar-refractivity contribution in [2.45, 2.75) is 19.4 Å². The molecular weight excluding hydrogens is 218 g/mol. The molecule has 0 N–H and O–H groups in total. The average molecular weight is 236 g/mol. The molecule has 12 heavy (non-hydrogen) atoms. The monoisotopic (exact) mass is 235 g/mol. The van der Waals surface area contributed by atoms with E-state index in [4.69, 9.17) is 4.74 Å². The maximum Gasteiger partial charge on any atom is 0.0615 e. The van der Waals surface area contributed by atoms with Crippen LogP contribution in [0.4, 0.5) is 0 Å². The second kappa shape index (κ2) is 5.20. The van der Waals surface area contributed by atoms with Gasteiger partial charge in [-0.25, -0.2) is 0 Å². The zero-order chi connectivity index (χ0) is 8.97. The van der Waals surface area contributed by atoms with E-state index < -0.39 is 0 Å². The largest absolute Gasteiger partial charge is 0.383 e. The summed E-state index contributed by atoms with van der Waals surface area (Å²) in [6, 6.07) is 0.582. The first-order valence-corrected chi connectivity index (χ1v) is 5.69. The van der Waals surface area contributed by atoms with Crippen molar-refractivity contribution in [1.29, 1.82) is 0 Å². The number of hydrogen-bond donors (Lipinski definition) is 0. The summed E-state index contributed by atoms with van der Waals surface area (Å²) in [5.41, 5.74) is 0. The molecule has 1 fully saturated rings. The molecule has 0 radical (unpaired) electrons. The second-order valence-corrected chi connectivity index (χ2v) is 4.26. The lowest BCUT2D eigenvalue weighted by atomic mass is 10.2. The summed E-state index contributed by atoms with van der Waals surface area (Å²) in [6.07, 6.45) is 1.33. The lowest BCUT2D eigenvalue weighted by Crippen LogP contribution is -2.34. The number of likely N-dealkylation sites (tertiary alicyclic amines) is 1. The summed E-state index contributed by atoms with van der Waals surface area (Å²) in [5.74, 6) is 0.851. The standard InChI is InChI=1S/C9H18BrNO/c1-8(7-12-2)11-4-3-9(5-10)6-11/h8-9H,3-7H2,1-2H3. The second-order valence-electron chi connectivity index (χ2n) is 3.61. The van der Waals surface area contributed by atoms with E-state index in [0.717, 1.165) is 17.9 Å². The van der Waals surface area contributed by atoms with E-state index in [1.165, 1.54) is 19.5 Å². The van der Waals surface area contributed by atoms with Gasteiger partial charge in [-0.1, -0.05) is 15.9 Å². The Bertz CT molecular complexity index is 132. The SMILES string of the molecule is COCC(C)N1CCC(CBr)C1. The summed E-state index contributed by atoms with van der Waals surface area (Å²) in [7, 11) is 1.77. The van der Waals surface area contributed by atoms with Crippen LogP contribution < -0.4 is 0 Å². The van der Waals surface area contributed by atoms with Gasteiger partial charge in [-0.3, -0.25) is 4.90 Å². The molecule has 1 heterocycles. The lowest BCUT2D eigenvalue weighted by Gasteiger charge is -2.23. The zero-order valence-corrected chi connectivity index (χ0v) is 9.51. The molecule has 0 aliphatic carbocycles. The zero-order valence-electron chi connectivity index (χ0n) is 7.92. The van der Waals surface area contributed by atoms with Crippen molar-refractivity contribution in [3.05, 3.63) is 0 Å². The third-order valence-electron chi connectivity index (χ3n) is 2.57. The van der Waals surface area contributed by atoms with Crippen molar-refractivity contribution in [3.8, 4) is 0 Å². The van der Waals surface area contributed by atoms with Crippen LogP contribution in [0.2, 0.25) is 0 Å². The van der Waals surface area contributed by atoms with Crippen molar-refractivity contribution in [3.63, 3.8) is 0 Å². The summed E-state index contributed by atoms with van der Waals surface area (Å²) in [5, 5.41) is 1.14. The Morgan fingerprint density at radius 2 is 2.42 bits per heavy atom. The van der Waals surface area contributed by atoms with Gasteiger partial charge >= 0.3 is 0 Å². The van der Waals surface area contributed by atoms with E-state index in [-0.39, 0.29) is 0 Å². The van der Waals surface area contributed by atoms with Crippen molar-refractivity contribution in [1.82, 2.24) is 4.90 Å². The average Bonchev–Trinajstić information content (AvgIpc) is 2.52. The van der Waals surface area contributed by atoms with E-state index in [9.17, 15) is 0 Å². The number of ether oxygens (including phenoxy) is 1. The molecule has 2 nitrogen and oxygen atoms in total. The molecule has 0 amide bonds. The summed E-state index contributed by atoms with van der Waals surface area (Å²) < 4.78 is 5.13. The molecule has 0 aromatic heterocycles. The molecule has 2 unspecified atom stereocenters. The Labute approximate surface area is 83.4 Å². The summed E-state index contributed by atoms with van der Waals surface area (Å²) >= 11 is 3.53. The Morgan fingerprint density at radius 3 is 2.92 bits per heavy atom. The van der Waals surface area contributed by atoms with Crippen LogP contribution in [0.3, 0.4) is 0 Å². The van der Waals surface area contributed by atoms with E-state index in [1.54, 1.807) is 7.11 Å². The lowest BCUT2D eigenvalue weighted by molar-refractivity contribution is 0.113. The minimum Gasteiger partial charge on any atom is -0.383 e. The molecule has 0 bridgehead atoms. The van der Waals surface area contributed by atoms with Gasteiger partial charge in [0.05, 0.1) is 6.61 Å². The molecule has 1 aliphatic rings. The number of nitrogens with zero attached hydrogens (tertiary/aromatic N) is 1. The van der Waals surface area contributed by atoms with Crippen molar-refractivity contribution in [2.75, 3.05) is 32.1 Å². The van der Waals surface area contributed by atoms with Gasteiger partial charge in [-0.15, -0.1) is 0 Å². The molecule has 1 saturated heterocycles. The maximum atomic E-state index is 5.13. The third-order valence-corrected chi connectivity index (χ3v) is 3.48. The quantitative estimate of drug-likeness (QED) is 0.689. The van der Waals surface area contributed by atoms with Crippen LogP contribution in [0, 0.1) is 5.92 Å². The first-order chi connectivity index (χ1) is 5.77. The fourth-order valence-corrected chi connectivity index (χ4v) is 2.26. The van der Waals surface area contributed by atoms with Crippen LogP contribution in [0.1, 0.15) is 13.3 Å². The van der Waals surface area contributed by atoms with Gasteiger partial charge in [-0.05, 0) is 25.8 Å². The Hall–Kier alpha value is 0.400. The molecule has 2 atom stereocenters. The van der Waals surface area contributed by atoms with Crippen molar-refractivity contribution < 1.29 is 4.74 Å². The number of rotatable bonds is 4. The minimum atomic E-state index is 0.582. The first-order valence-electron chi connectivity index (χ1n) is 4.57. The highest BCUT2D eigenvalue weighted by Crippen LogP contribution is 2.19. The van der Waals surface area contributed by atoms with Crippen LogP contribution in [0.5, 0.6) is 0 Å². The highest BCUT2D eigenvalue weighted by Gasteiger charge is 2.24. The molecule has 1 aliphatic heterocycles. The smallest absolute Gasteiger partial charge is 0.0615 e. The highest BCUT2D eigenvalue weighted by molar-refractivity contribution is 9.09. The van der Waals surface area contributed by atoms with E-state index >= 15 is 0 Å². The molecule has 1 rings (SSSR count). The molecule has 0 aromatic rings. The fraction of sp³-hybridized carbons (Fsp3) is 1.00. The number of hydrogen-bond acceptors (Lipinski definition) is 2. The van der Waals surface area contributed by atoms with Gasteiger partial charge in [0, 0.05) is 25.0 Å². The van der Waals surface area contributed by atoms with Gasteiger partial charge in [0.2, 0.25) is 0 Å². The topological polar surface area (TPSA) is 12.5 Å². The predicted molar refractivity (Wildman–Crippen MR) is 54.8 cm³/mol. The van der Waals surface area contributed by atoms with Gasteiger partial charge < -0.3 is 4.74 Å². The van der Waals surface area contributed by atoms with Gasteiger partial charge in [0.25, 0.3) is 0 Å². The predicted octanol–water partition coefficient (Wildman–Crippen LogP) is 1.74. The molecule has 0 saturated carbocycles. The van der Waals surface area contributed by atoms with Crippen molar-refractivity contribution >= 4 is 15.9 Å². The normalized spacial score (nSPS) is 27.8. The van der Waals surface area contributed by atoms with Crippen LogP contribution in [-0.2, 0) is 4.74 Å². The van der Waals surface area contributed by atoms with E-state index in [0.29, 0.717) is 6.04 Å².